The zero-order valence-electron chi connectivity index (χ0n) is 14.6. The fraction of sp³-hybridized carbons (Fsp3) is 0.632. The Balaban J connectivity index is 0.000000146. The maximum atomic E-state index is 4.31. The van der Waals surface area contributed by atoms with Gasteiger partial charge in [-0.3, -0.25) is 4.68 Å². The number of benzene rings is 1. The topological polar surface area (TPSA) is 29.9 Å². The number of hydrogen-bond acceptors (Lipinski definition) is 2. The van der Waals surface area contributed by atoms with Crippen molar-refractivity contribution in [3.63, 3.8) is 0 Å². The predicted octanol–water partition coefficient (Wildman–Crippen LogP) is 4.45. The molecule has 2 aliphatic rings. The molecular weight excluding hydrogens is 270 g/mol. The Labute approximate surface area is 135 Å². The molecule has 1 N–H and O–H groups in total. The standard InChI is InChI=1S/C9H10N2.C8H15N.C2H6/c1-7-8-5-3-4-6-9(8)11(2)10-7;1-2-4-8-7(3-1)5-6-9-8;1-2/h3-6H,1-2H3;7-9H,1-6H2;1-2H3. The number of fused-ring (bicyclic) bond motifs is 2. The molecule has 1 aliphatic heterocycles. The molecule has 1 aromatic heterocycles. The SMILES string of the molecule is C1CCC2NCCC2C1.CC.Cc1nn(C)c2ccccc12. The minimum atomic E-state index is 0.916. The van der Waals surface area contributed by atoms with Gasteiger partial charge in [0, 0.05) is 18.5 Å². The third kappa shape index (κ3) is 3.89. The smallest absolute Gasteiger partial charge is 0.0681 e. The minimum Gasteiger partial charge on any atom is -0.314 e. The molecule has 1 saturated carbocycles. The molecule has 22 heavy (non-hydrogen) atoms. The quantitative estimate of drug-likeness (QED) is 0.779. The first kappa shape index (κ1) is 17.0. The molecule has 0 bridgehead atoms. The summed E-state index contributed by atoms with van der Waals surface area (Å²) in [6.45, 7) is 7.32. The summed E-state index contributed by atoms with van der Waals surface area (Å²) in [5.74, 6) is 1.05. The fourth-order valence-corrected chi connectivity index (χ4v) is 3.67. The molecule has 4 rings (SSSR count). The molecule has 2 heterocycles. The Kier molecular flexibility index (Phi) is 6.44. The average Bonchev–Trinajstić information content (AvgIpc) is 3.16. The number of nitrogens with zero attached hydrogens (tertiary/aromatic N) is 2. The van der Waals surface area contributed by atoms with Crippen molar-refractivity contribution >= 4 is 10.9 Å². The van der Waals surface area contributed by atoms with Gasteiger partial charge >= 0.3 is 0 Å². The molecule has 122 valence electrons. The molecule has 1 aliphatic carbocycles. The van der Waals surface area contributed by atoms with E-state index in [1.54, 1.807) is 0 Å². The molecule has 1 saturated heterocycles. The maximum absolute atomic E-state index is 4.31. The highest BCUT2D eigenvalue weighted by Crippen LogP contribution is 2.29. The molecule has 1 aromatic carbocycles. The van der Waals surface area contributed by atoms with Crippen LogP contribution >= 0.6 is 0 Å². The van der Waals surface area contributed by atoms with Crippen molar-refractivity contribution in [1.29, 1.82) is 0 Å². The first-order valence-corrected chi connectivity index (χ1v) is 8.87. The van der Waals surface area contributed by atoms with E-state index >= 15 is 0 Å². The van der Waals surface area contributed by atoms with E-state index in [-0.39, 0.29) is 0 Å². The summed E-state index contributed by atoms with van der Waals surface area (Å²) in [6.07, 6.45) is 7.35. The number of aromatic nitrogens is 2. The minimum absolute atomic E-state index is 0.916. The molecule has 3 heteroatoms. The lowest BCUT2D eigenvalue weighted by Crippen LogP contribution is -2.29. The van der Waals surface area contributed by atoms with Gasteiger partial charge in [-0.25, -0.2) is 0 Å². The predicted molar refractivity (Wildman–Crippen MR) is 95.2 cm³/mol. The summed E-state index contributed by atoms with van der Waals surface area (Å²) in [7, 11) is 1.97. The molecule has 2 unspecified atom stereocenters. The molecule has 0 radical (unpaired) electrons. The van der Waals surface area contributed by atoms with Crippen LogP contribution in [0.4, 0.5) is 0 Å². The molecule has 0 spiro atoms. The van der Waals surface area contributed by atoms with Crippen LogP contribution in [0.15, 0.2) is 24.3 Å². The van der Waals surface area contributed by atoms with E-state index in [2.05, 4.69) is 22.5 Å². The molecule has 2 atom stereocenters. The molecule has 0 amide bonds. The van der Waals surface area contributed by atoms with Gasteiger partial charge in [-0.15, -0.1) is 0 Å². The van der Waals surface area contributed by atoms with Crippen LogP contribution in [0.3, 0.4) is 0 Å². The van der Waals surface area contributed by atoms with Gasteiger partial charge in [0.05, 0.1) is 11.2 Å². The maximum Gasteiger partial charge on any atom is 0.0681 e. The summed E-state index contributed by atoms with van der Waals surface area (Å²) in [6, 6.07) is 9.16. The van der Waals surface area contributed by atoms with Crippen molar-refractivity contribution in [2.24, 2.45) is 13.0 Å². The van der Waals surface area contributed by atoms with Crippen LogP contribution in [0.25, 0.3) is 10.9 Å². The van der Waals surface area contributed by atoms with Crippen LogP contribution in [0, 0.1) is 12.8 Å². The van der Waals surface area contributed by atoms with Crippen LogP contribution < -0.4 is 5.32 Å². The number of hydrogen-bond donors (Lipinski definition) is 1. The lowest BCUT2D eigenvalue weighted by molar-refractivity contribution is 0.326. The average molecular weight is 301 g/mol. The van der Waals surface area contributed by atoms with Gasteiger partial charge in [0.2, 0.25) is 0 Å². The second kappa shape index (κ2) is 8.33. The Bertz CT molecular complexity index is 525. The number of nitrogens with one attached hydrogen (secondary N) is 1. The van der Waals surface area contributed by atoms with Crippen LogP contribution in [-0.4, -0.2) is 22.4 Å². The van der Waals surface area contributed by atoms with Crippen molar-refractivity contribution in [3.8, 4) is 0 Å². The lowest BCUT2D eigenvalue weighted by Gasteiger charge is -2.24. The highest BCUT2D eigenvalue weighted by molar-refractivity contribution is 5.81. The van der Waals surface area contributed by atoms with Crippen molar-refractivity contribution in [2.45, 2.75) is 58.9 Å². The van der Waals surface area contributed by atoms with E-state index in [1.165, 1.54) is 49.6 Å². The van der Waals surface area contributed by atoms with E-state index < -0.39 is 0 Å². The summed E-state index contributed by atoms with van der Waals surface area (Å²) >= 11 is 0. The number of aryl methyl sites for hydroxylation is 2. The van der Waals surface area contributed by atoms with Crippen LogP contribution in [0.2, 0.25) is 0 Å². The highest BCUT2D eigenvalue weighted by atomic mass is 15.3. The van der Waals surface area contributed by atoms with Gasteiger partial charge < -0.3 is 5.32 Å². The van der Waals surface area contributed by atoms with E-state index in [4.69, 9.17) is 0 Å². The van der Waals surface area contributed by atoms with Crippen molar-refractivity contribution in [1.82, 2.24) is 15.1 Å². The summed E-state index contributed by atoms with van der Waals surface area (Å²) in [5, 5.41) is 9.11. The van der Waals surface area contributed by atoms with Crippen LogP contribution in [0.1, 0.15) is 51.6 Å². The zero-order chi connectivity index (χ0) is 15.9. The van der Waals surface area contributed by atoms with Gasteiger partial charge in [0.15, 0.2) is 0 Å². The largest absolute Gasteiger partial charge is 0.314 e. The first-order chi connectivity index (χ1) is 10.8. The van der Waals surface area contributed by atoms with E-state index in [0.29, 0.717) is 0 Å². The molecule has 2 aromatic rings. The molecule has 3 nitrogen and oxygen atoms in total. The Hall–Kier alpha value is -1.35. The molecular formula is C19H31N3. The second-order valence-corrected chi connectivity index (χ2v) is 6.12. The third-order valence-electron chi connectivity index (χ3n) is 4.77. The lowest BCUT2D eigenvalue weighted by atomic mass is 9.86. The van der Waals surface area contributed by atoms with E-state index in [1.807, 2.05) is 44.6 Å². The van der Waals surface area contributed by atoms with Gasteiger partial charge in [-0.05, 0) is 44.7 Å². The van der Waals surface area contributed by atoms with Crippen molar-refractivity contribution < 1.29 is 0 Å². The van der Waals surface area contributed by atoms with E-state index in [9.17, 15) is 0 Å². The van der Waals surface area contributed by atoms with E-state index in [0.717, 1.165) is 17.7 Å². The number of para-hydroxylation sites is 1. The number of rotatable bonds is 0. The van der Waals surface area contributed by atoms with Gasteiger partial charge in [0.1, 0.15) is 0 Å². The van der Waals surface area contributed by atoms with Gasteiger partial charge in [0.25, 0.3) is 0 Å². The van der Waals surface area contributed by atoms with Crippen LogP contribution in [-0.2, 0) is 7.05 Å². The zero-order valence-corrected chi connectivity index (χ0v) is 14.6. The van der Waals surface area contributed by atoms with Crippen LogP contribution in [0.5, 0.6) is 0 Å². The van der Waals surface area contributed by atoms with Crippen molar-refractivity contribution in [2.75, 3.05) is 6.54 Å². The normalized spacial score (nSPS) is 23.1. The Morgan fingerprint density at radius 3 is 2.55 bits per heavy atom. The Morgan fingerprint density at radius 1 is 1.09 bits per heavy atom. The first-order valence-electron chi connectivity index (χ1n) is 8.87. The second-order valence-electron chi connectivity index (χ2n) is 6.12. The monoisotopic (exact) mass is 301 g/mol. The highest BCUT2D eigenvalue weighted by Gasteiger charge is 2.28. The van der Waals surface area contributed by atoms with Crippen molar-refractivity contribution in [3.05, 3.63) is 30.0 Å². The van der Waals surface area contributed by atoms with Gasteiger partial charge in [-0.2, -0.15) is 5.10 Å². The fourth-order valence-electron chi connectivity index (χ4n) is 3.67. The summed E-state index contributed by atoms with van der Waals surface area (Å²) < 4.78 is 1.91. The summed E-state index contributed by atoms with van der Waals surface area (Å²) in [5.41, 5.74) is 2.30. The summed E-state index contributed by atoms with van der Waals surface area (Å²) in [4.78, 5) is 0. The van der Waals surface area contributed by atoms with Gasteiger partial charge in [-0.1, -0.05) is 44.9 Å². The molecule has 2 fully saturated rings. The third-order valence-corrected chi connectivity index (χ3v) is 4.77. The Morgan fingerprint density at radius 2 is 1.82 bits per heavy atom.